The number of nitrogens with one attached hydrogen (secondary N) is 2. The highest BCUT2D eigenvalue weighted by Crippen LogP contribution is 2.18. The van der Waals surface area contributed by atoms with E-state index in [1.165, 1.54) is 6.20 Å². The molecule has 18 heavy (non-hydrogen) atoms. The first-order valence-electron chi connectivity index (χ1n) is 6.07. The number of anilines is 1. The number of carbonyl (C=O) groups is 1. The molecule has 1 heterocycles. The molecular formula is C13H20ClN3O. The van der Waals surface area contributed by atoms with Crippen LogP contribution in [0.3, 0.4) is 0 Å². The van der Waals surface area contributed by atoms with E-state index in [1.54, 1.807) is 13.1 Å². The van der Waals surface area contributed by atoms with Crippen LogP contribution in [0.15, 0.2) is 12.3 Å². The molecule has 1 aromatic rings. The van der Waals surface area contributed by atoms with E-state index in [9.17, 15) is 4.79 Å². The first kappa shape index (κ1) is 14.8. The van der Waals surface area contributed by atoms with Crippen molar-refractivity contribution in [3.63, 3.8) is 0 Å². The van der Waals surface area contributed by atoms with Crippen LogP contribution in [0.4, 0.5) is 5.82 Å². The highest BCUT2D eigenvalue weighted by molar-refractivity contribution is 6.33. The lowest BCUT2D eigenvalue weighted by molar-refractivity contribution is 0.0945. The van der Waals surface area contributed by atoms with E-state index in [1.807, 2.05) is 0 Å². The molecule has 0 radical (unpaired) electrons. The van der Waals surface area contributed by atoms with Crippen molar-refractivity contribution in [3.05, 3.63) is 22.8 Å². The molecule has 2 N–H and O–H groups in total. The van der Waals surface area contributed by atoms with Crippen LogP contribution >= 0.6 is 11.6 Å². The number of nitrogens with zero attached hydrogens (tertiary/aromatic N) is 1. The van der Waals surface area contributed by atoms with E-state index in [0.29, 0.717) is 34.8 Å². The monoisotopic (exact) mass is 269 g/mol. The van der Waals surface area contributed by atoms with Crippen molar-refractivity contribution < 1.29 is 4.79 Å². The van der Waals surface area contributed by atoms with Gasteiger partial charge >= 0.3 is 0 Å². The molecule has 1 amide bonds. The highest BCUT2D eigenvalue weighted by Gasteiger charge is 2.14. The van der Waals surface area contributed by atoms with Crippen molar-refractivity contribution >= 4 is 23.3 Å². The molecule has 0 spiro atoms. The molecule has 1 rings (SSSR count). The zero-order chi connectivity index (χ0) is 13.7. The third-order valence-electron chi connectivity index (χ3n) is 3.08. The number of pyridine rings is 1. The lowest BCUT2D eigenvalue weighted by atomic mass is 9.98. The number of halogens is 1. The average Bonchev–Trinajstić information content (AvgIpc) is 2.35. The Bertz CT molecular complexity index is 421. The third kappa shape index (κ3) is 3.88. The van der Waals surface area contributed by atoms with Gasteiger partial charge in [0.2, 0.25) is 0 Å². The molecule has 0 aliphatic carbocycles. The topological polar surface area (TPSA) is 54.0 Å². The van der Waals surface area contributed by atoms with Crippen LogP contribution in [0.25, 0.3) is 0 Å². The Labute approximate surface area is 113 Å². The Balaban J connectivity index is 2.72. The fraction of sp³-hybridized carbons (Fsp3) is 0.538. The third-order valence-corrected chi connectivity index (χ3v) is 3.38. The van der Waals surface area contributed by atoms with Crippen molar-refractivity contribution in [2.45, 2.75) is 20.8 Å². The Hall–Kier alpha value is -1.29. The predicted molar refractivity (Wildman–Crippen MR) is 75.1 cm³/mol. The van der Waals surface area contributed by atoms with Crippen LogP contribution in [-0.4, -0.2) is 24.5 Å². The number of carbonyl (C=O) groups excluding carboxylic acids is 1. The van der Waals surface area contributed by atoms with Gasteiger partial charge in [0.05, 0.1) is 10.6 Å². The zero-order valence-corrected chi connectivity index (χ0v) is 12.0. The van der Waals surface area contributed by atoms with Gasteiger partial charge in [-0.05, 0) is 17.9 Å². The minimum absolute atomic E-state index is 0.161. The Morgan fingerprint density at radius 2 is 2.11 bits per heavy atom. The number of amides is 1. The molecule has 0 fully saturated rings. The van der Waals surface area contributed by atoms with Gasteiger partial charge in [0.25, 0.3) is 5.91 Å². The summed E-state index contributed by atoms with van der Waals surface area (Å²) < 4.78 is 0. The second kappa shape index (κ2) is 6.59. The maximum absolute atomic E-state index is 12.0. The summed E-state index contributed by atoms with van der Waals surface area (Å²) in [4.78, 5) is 16.0. The van der Waals surface area contributed by atoms with Gasteiger partial charge in [-0.15, -0.1) is 0 Å². The summed E-state index contributed by atoms with van der Waals surface area (Å²) in [6.45, 7) is 7.02. The minimum Gasteiger partial charge on any atom is -0.373 e. The first-order chi connectivity index (χ1) is 8.45. The molecule has 5 heteroatoms. The standard InChI is InChI=1S/C13H20ClN3O/c1-8(2)9(3)6-17-13(18)10-5-12(15-4)16-7-11(10)14/h5,7-9H,6H2,1-4H3,(H,15,16)(H,17,18). The maximum Gasteiger partial charge on any atom is 0.252 e. The summed E-state index contributed by atoms with van der Waals surface area (Å²) in [6.07, 6.45) is 1.48. The number of aromatic nitrogens is 1. The van der Waals surface area contributed by atoms with Gasteiger partial charge < -0.3 is 10.6 Å². The minimum atomic E-state index is -0.161. The molecule has 1 aromatic heterocycles. The van der Waals surface area contributed by atoms with Crippen LogP contribution < -0.4 is 10.6 Å². The van der Waals surface area contributed by atoms with E-state index in [4.69, 9.17) is 11.6 Å². The zero-order valence-electron chi connectivity index (χ0n) is 11.2. The van der Waals surface area contributed by atoms with Crippen LogP contribution in [-0.2, 0) is 0 Å². The quantitative estimate of drug-likeness (QED) is 0.864. The van der Waals surface area contributed by atoms with E-state index < -0.39 is 0 Å². The number of hydrogen-bond acceptors (Lipinski definition) is 3. The van der Waals surface area contributed by atoms with Gasteiger partial charge in [-0.3, -0.25) is 4.79 Å². The second-order valence-electron chi connectivity index (χ2n) is 4.73. The SMILES string of the molecule is CNc1cc(C(=O)NCC(C)C(C)C)c(Cl)cn1. The summed E-state index contributed by atoms with van der Waals surface area (Å²) in [6, 6.07) is 1.65. The molecule has 0 aromatic carbocycles. The molecule has 1 atom stereocenters. The largest absolute Gasteiger partial charge is 0.373 e. The summed E-state index contributed by atoms with van der Waals surface area (Å²) >= 11 is 5.97. The van der Waals surface area contributed by atoms with Crippen molar-refractivity contribution in [1.82, 2.24) is 10.3 Å². The molecule has 0 aliphatic rings. The molecule has 0 saturated heterocycles. The normalized spacial score (nSPS) is 12.3. The maximum atomic E-state index is 12.0. The fourth-order valence-electron chi connectivity index (χ4n) is 1.33. The molecule has 1 unspecified atom stereocenters. The summed E-state index contributed by atoms with van der Waals surface area (Å²) in [5.41, 5.74) is 0.451. The second-order valence-corrected chi connectivity index (χ2v) is 5.14. The Morgan fingerprint density at radius 1 is 1.44 bits per heavy atom. The number of hydrogen-bond donors (Lipinski definition) is 2. The van der Waals surface area contributed by atoms with Gasteiger partial charge in [0, 0.05) is 19.8 Å². The molecular weight excluding hydrogens is 250 g/mol. The highest BCUT2D eigenvalue weighted by atomic mass is 35.5. The average molecular weight is 270 g/mol. The van der Waals surface area contributed by atoms with Crippen LogP contribution in [0, 0.1) is 11.8 Å². The fourth-order valence-corrected chi connectivity index (χ4v) is 1.52. The molecule has 0 aliphatic heterocycles. The molecule has 4 nitrogen and oxygen atoms in total. The Morgan fingerprint density at radius 3 is 2.67 bits per heavy atom. The van der Waals surface area contributed by atoms with Gasteiger partial charge in [0.15, 0.2) is 0 Å². The number of rotatable bonds is 5. The van der Waals surface area contributed by atoms with E-state index in [2.05, 4.69) is 36.4 Å². The van der Waals surface area contributed by atoms with Gasteiger partial charge in [-0.25, -0.2) is 4.98 Å². The first-order valence-corrected chi connectivity index (χ1v) is 6.45. The van der Waals surface area contributed by atoms with Crippen LogP contribution in [0.5, 0.6) is 0 Å². The van der Waals surface area contributed by atoms with Crippen LogP contribution in [0.1, 0.15) is 31.1 Å². The summed E-state index contributed by atoms with van der Waals surface area (Å²) in [5, 5.41) is 6.14. The van der Waals surface area contributed by atoms with E-state index >= 15 is 0 Å². The van der Waals surface area contributed by atoms with Crippen molar-refractivity contribution in [1.29, 1.82) is 0 Å². The van der Waals surface area contributed by atoms with E-state index in [-0.39, 0.29) is 5.91 Å². The Kier molecular flexibility index (Phi) is 5.41. The van der Waals surface area contributed by atoms with Gasteiger partial charge in [-0.2, -0.15) is 0 Å². The van der Waals surface area contributed by atoms with Crippen molar-refractivity contribution in [3.8, 4) is 0 Å². The lowest BCUT2D eigenvalue weighted by Gasteiger charge is -2.16. The van der Waals surface area contributed by atoms with E-state index in [0.717, 1.165) is 0 Å². The predicted octanol–water partition coefficient (Wildman–Crippen LogP) is 2.80. The molecule has 0 saturated carbocycles. The van der Waals surface area contributed by atoms with Crippen molar-refractivity contribution in [2.24, 2.45) is 11.8 Å². The molecule has 0 bridgehead atoms. The lowest BCUT2D eigenvalue weighted by Crippen LogP contribution is -2.30. The molecule has 100 valence electrons. The van der Waals surface area contributed by atoms with Gasteiger partial charge in [-0.1, -0.05) is 32.4 Å². The smallest absolute Gasteiger partial charge is 0.252 e. The summed E-state index contributed by atoms with van der Waals surface area (Å²) in [7, 11) is 1.75. The summed E-state index contributed by atoms with van der Waals surface area (Å²) in [5.74, 6) is 1.43. The van der Waals surface area contributed by atoms with Crippen molar-refractivity contribution in [2.75, 3.05) is 18.9 Å². The van der Waals surface area contributed by atoms with Crippen LogP contribution in [0.2, 0.25) is 5.02 Å². The van der Waals surface area contributed by atoms with Gasteiger partial charge in [0.1, 0.15) is 5.82 Å².